The van der Waals surface area contributed by atoms with Crippen LogP contribution in [0.15, 0.2) is 17.2 Å². The van der Waals surface area contributed by atoms with Gasteiger partial charge in [-0.3, -0.25) is 4.79 Å². The molecular formula is C7H12N4O. The minimum atomic E-state index is -0.179. The maximum atomic E-state index is 11.3. The predicted octanol–water partition coefficient (Wildman–Crippen LogP) is -0.0611. The lowest BCUT2D eigenvalue weighted by molar-refractivity contribution is 0.649. The van der Waals surface area contributed by atoms with Crippen LogP contribution in [0, 0.1) is 0 Å². The molecule has 0 amide bonds. The molecule has 0 aliphatic rings. The molecule has 0 aliphatic carbocycles. The molecule has 0 saturated carbocycles. The number of hydrazine groups is 1. The van der Waals surface area contributed by atoms with Crippen molar-refractivity contribution in [2.24, 2.45) is 5.84 Å². The molecule has 5 heteroatoms. The van der Waals surface area contributed by atoms with Gasteiger partial charge in [0.2, 0.25) is 5.82 Å². The van der Waals surface area contributed by atoms with E-state index in [1.807, 2.05) is 6.92 Å². The van der Waals surface area contributed by atoms with E-state index in [4.69, 9.17) is 5.84 Å². The Balaban J connectivity index is 3.06. The van der Waals surface area contributed by atoms with Gasteiger partial charge in [0.1, 0.15) is 0 Å². The summed E-state index contributed by atoms with van der Waals surface area (Å²) in [4.78, 5) is 15.1. The molecule has 0 spiro atoms. The summed E-state index contributed by atoms with van der Waals surface area (Å²) in [5.41, 5.74) is 2.07. The fourth-order valence-corrected chi connectivity index (χ4v) is 0.963. The molecule has 0 aliphatic heterocycles. The van der Waals surface area contributed by atoms with E-state index in [1.54, 1.807) is 17.0 Å². The van der Waals surface area contributed by atoms with Gasteiger partial charge < -0.3 is 9.99 Å². The number of nitrogens with two attached hydrogens (primary N) is 1. The Bertz CT molecular complexity index is 307. The van der Waals surface area contributed by atoms with Crippen molar-refractivity contribution in [3.05, 3.63) is 22.7 Å². The minimum absolute atomic E-state index is 0.179. The van der Waals surface area contributed by atoms with Gasteiger partial charge in [0.25, 0.3) is 5.56 Å². The highest BCUT2D eigenvalue weighted by Gasteiger charge is 2.00. The zero-order chi connectivity index (χ0) is 8.97. The van der Waals surface area contributed by atoms with Gasteiger partial charge in [0.15, 0.2) is 0 Å². The summed E-state index contributed by atoms with van der Waals surface area (Å²) in [5.74, 6) is 5.28. The van der Waals surface area contributed by atoms with Gasteiger partial charge in [0, 0.05) is 18.9 Å². The molecule has 1 heterocycles. The fourth-order valence-electron chi connectivity index (χ4n) is 0.963. The lowest BCUT2D eigenvalue weighted by Gasteiger charge is -2.04. The van der Waals surface area contributed by atoms with Crippen LogP contribution >= 0.6 is 0 Å². The SMILES string of the molecule is CCCn1ccnc(NN)c1=O. The van der Waals surface area contributed by atoms with Crippen LogP contribution in [-0.2, 0) is 6.54 Å². The highest BCUT2D eigenvalue weighted by Crippen LogP contribution is 1.90. The van der Waals surface area contributed by atoms with E-state index in [9.17, 15) is 4.79 Å². The average Bonchev–Trinajstić information content (AvgIpc) is 2.09. The summed E-state index contributed by atoms with van der Waals surface area (Å²) in [6.07, 6.45) is 4.10. The van der Waals surface area contributed by atoms with Gasteiger partial charge in [-0.25, -0.2) is 10.8 Å². The van der Waals surface area contributed by atoms with Gasteiger partial charge >= 0.3 is 0 Å². The summed E-state index contributed by atoms with van der Waals surface area (Å²) in [6, 6.07) is 0. The van der Waals surface area contributed by atoms with Gasteiger partial charge in [-0.15, -0.1) is 0 Å². The average molecular weight is 168 g/mol. The lowest BCUT2D eigenvalue weighted by atomic mass is 10.4. The summed E-state index contributed by atoms with van der Waals surface area (Å²) in [6.45, 7) is 2.69. The van der Waals surface area contributed by atoms with Crippen LogP contribution in [-0.4, -0.2) is 9.55 Å². The first kappa shape index (κ1) is 8.73. The highest BCUT2D eigenvalue weighted by atomic mass is 16.1. The maximum absolute atomic E-state index is 11.3. The Kier molecular flexibility index (Phi) is 2.82. The second-order valence-electron chi connectivity index (χ2n) is 2.42. The van der Waals surface area contributed by atoms with E-state index in [0.29, 0.717) is 6.54 Å². The van der Waals surface area contributed by atoms with E-state index < -0.39 is 0 Å². The smallest absolute Gasteiger partial charge is 0.294 e. The van der Waals surface area contributed by atoms with Crippen molar-refractivity contribution in [3.8, 4) is 0 Å². The first-order chi connectivity index (χ1) is 5.79. The molecule has 1 rings (SSSR count). The van der Waals surface area contributed by atoms with Crippen LogP contribution < -0.4 is 16.8 Å². The number of hydrogen-bond donors (Lipinski definition) is 2. The van der Waals surface area contributed by atoms with Crippen LogP contribution in [0.4, 0.5) is 5.82 Å². The second-order valence-corrected chi connectivity index (χ2v) is 2.42. The third-order valence-corrected chi connectivity index (χ3v) is 1.51. The van der Waals surface area contributed by atoms with E-state index in [1.165, 1.54) is 0 Å². The molecule has 66 valence electrons. The van der Waals surface area contributed by atoms with Gasteiger partial charge in [-0.1, -0.05) is 6.92 Å². The van der Waals surface area contributed by atoms with Crippen molar-refractivity contribution >= 4 is 5.82 Å². The monoisotopic (exact) mass is 168 g/mol. The topological polar surface area (TPSA) is 72.9 Å². The normalized spacial score (nSPS) is 9.83. The molecule has 5 nitrogen and oxygen atoms in total. The predicted molar refractivity (Wildman–Crippen MR) is 46.6 cm³/mol. The van der Waals surface area contributed by atoms with Gasteiger partial charge in [0.05, 0.1) is 0 Å². The Hall–Kier alpha value is -1.36. The lowest BCUT2D eigenvalue weighted by Crippen LogP contribution is -2.26. The molecule has 0 radical (unpaired) electrons. The molecule has 1 aromatic heterocycles. The molecule has 0 unspecified atom stereocenters. The largest absolute Gasteiger partial charge is 0.311 e. The summed E-state index contributed by atoms with van der Waals surface area (Å²) in [5, 5.41) is 0. The van der Waals surface area contributed by atoms with E-state index in [-0.39, 0.29) is 11.4 Å². The zero-order valence-corrected chi connectivity index (χ0v) is 6.95. The van der Waals surface area contributed by atoms with Crippen LogP contribution in [0.3, 0.4) is 0 Å². The third kappa shape index (κ3) is 1.62. The Morgan fingerprint density at radius 3 is 3.08 bits per heavy atom. The molecule has 1 aromatic rings. The minimum Gasteiger partial charge on any atom is -0.311 e. The number of aryl methyl sites for hydroxylation is 1. The van der Waals surface area contributed by atoms with Crippen molar-refractivity contribution in [3.63, 3.8) is 0 Å². The number of nitrogen functional groups attached to an aromatic ring is 1. The first-order valence-corrected chi connectivity index (χ1v) is 3.81. The Morgan fingerprint density at radius 2 is 2.50 bits per heavy atom. The first-order valence-electron chi connectivity index (χ1n) is 3.81. The third-order valence-electron chi connectivity index (χ3n) is 1.51. The Morgan fingerprint density at radius 1 is 1.75 bits per heavy atom. The van der Waals surface area contributed by atoms with Crippen molar-refractivity contribution < 1.29 is 0 Å². The summed E-state index contributed by atoms with van der Waals surface area (Å²) >= 11 is 0. The van der Waals surface area contributed by atoms with Crippen LogP contribution in [0.2, 0.25) is 0 Å². The Labute approximate surface area is 70.2 Å². The molecule has 0 atom stereocenters. The van der Waals surface area contributed by atoms with Crippen LogP contribution in [0.1, 0.15) is 13.3 Å². The molecule has 3 N–H and O–H groups in total. The molecule has 0 bridgehead atoms. The fraction of sp³-hybridized carbons (Fsp3) is 0.429. The quantitative estimate of drug-likeness (QED) is 0.490. The van der Waals surface area contributed by atoms with Crippen molar-refractivity contribution in [2.75, 3.05) is 5.43 Å². The molecule has 0 aromatic carbocycles. The van der Waals surface area contributed by atoms with E-state index in [2.05, 4.69) is 10.4 Å². The number of hydrogen-bond acceptors (Lipinski definition) is 4. The van der Waals surface area contributed by atoms with Crippen molar-refractivity contribution in [1.29, 1.82) is 0 Å². The summed E-state index contributed by atoms with van der Waals surface area (Å²) < 4.78 is 1.57. The van der Waals surface area contributed by atoms with Crippen LogP contribution in [0.5, 0.6) is 0 Å². The molecular weight excluding hydrogens is 156 g/mol. The van der Waals surface area contributed by atoms with Crippen molar-refractivity contribution in [2.45, 2.75) is 19.9 Å². The molecule has 0 fully saturated rings. The van der Waals surface area contributed by atoms with Gasteiger partial charge in [-0.05, 0) is 6.42 Å². The second kappa shape index (κ2) is 3.87. The van der Waals surface area contributed by atoms with E-state index >= 15 is 0 Å². The molecule has 0 saturated heterocycles. The van der Waals surface area contributed by atoms with Gasteiger partial charge in [-0.2, -0.15) is 0 Å². The maximum Gasteiger partial charge on any atom is 0.294 e. The number of nitrogens with zero attached hydrogens (tertiary/aromatic N) is 2. The molecule has 12 heavy (non-hydrogen) atoms. The number of anilines is 1. The van der Waals surface area contributed by atoms with Crippen LogP contribution in [0.25, 0.3) is 0 Å². The number of nitrogens with one attached hydrogen (secondary N) is 1. The standard InChI is InChI=1S/C7H12N4O/c1-2-4-11-5-3-9-6(10-8)7(11)12/h3,5H,2,4,8H2,1H3,(H,9,10). The number of aromatic nitrogens is 2. The number of rotatable bonds is 3. The van der Waals surface area contributed by atoms with E-state index in [0.717, 1.165) is 6.42 Å². The highest BCUT2D eigenvalue weighted by molar-refractivity contribution is 5.28. The zero-order valence-electron chi connectivity index (χ0n) is 6.95. The summed E-state index contributed by atoms with van der Waals surface area (Å²) in [7, 11) is 0. The van der Waals surface area contributed by atoms with Crippen molar-refractivity contribution in [1.82, 2.24) is 9.55 Å².